The average Bonchev–Trinajstić information content (AvgIpc) is 1.19. The minimum Gasteiger partial charge on any atom is -0.473 e. The molecular formula is C4H8F2O2S. The summed E-state index contributed by atoms with van der Waals surface area (Å²) >= 11 is 2.88. The van der Waals surface area contributed by atoms with Gasteiger partial charge in [0.05, 0.1) is 0 Å². The van der Waals surface area contributed by atoms with Crippen molar-refractivity contribution < 1.29 is 18.7 Å². The van der Waals surface area contributed by atoms with Gasteiger partial charge < -0.3 is 5.11 Å². The van der Waals surface area contributed by atoms with Gasteiger partial charge in [0.25, 0.3) is 0 Å². The zero-order chi connectivity index (χ0) is 8.08. The predicted octanol–water partition coefficient (Wildman–Crippen LogP) is 2.26. The number of hydrogen-bond acceptors (Lipinski definition) is 1. The van der Waals surface area contributed by atoms with Crippen LogP contribution in [0.25, 0.3) is 0 Å². The van der Waals surface area contributed by atoms with E-state index in [9.17, 15) is 8.78 Å². The van der Waals surface area contributed by atoms with Crippen LogP contribution in [-0.2, 0) is 0 Å². The maximum Gasteiger partial charge on any atom is 0.361 e. The second-order valence-corrected chi connectivity index (χ2v) is 1.99. The van der Waals surface area contributed by atoms with Crippen LogP contribution in [0.2, 0.25) is 0 Å². The first kappa shape index (κ1) is 11.5. The molecule has 0 amide bonds. The highest BCUT2D eigenvalue weighted by Gasteiger charge is 2.08. The maximum atomic E-state index is 11.0. The predicted molar refractivity (Wildman–Crippen MR) is 33.3 cm³/mol. The van der Waals surface area contributed by atoms with E-state index < -0.39 is 11.2 Å². The lowest BCUT2D eigenvalue weighted by molar-refractivity contribution is 0.0437. The molecule has 2 nitrogen and oxygen atoms in total. The third kappa shape index (κ3) is 2420. The first-order valence-corrected chi connectivity index (χ1v) is 2.48. The summed E-state index contributed by atoms with van der Waals surface area (Å²) < 4.78 is 22.0. The number of carbonyl (C=O) groups is 1. The second-order valence-electron chi connectivity index (χ2n) is 1.61. The van der Waals surface area contributed by atoms with Crippen molar-refractivity contribution in [3.63, 3.8) is 0 Å². The summed E-state index contributed by atoms with van der Waals surface area (Å²) in [5.41, 5.74) is 0. The van der Waals surface area contributed by atoms with Gasteiger partial charge in [-0.2, -0.15) is 0 Å². The standard InChI is InChI=1S/C3H6F2.CH2O2S/c1-3(2,4)5;2-1(3)4/h1-2H3;4H,(H,2,3). The van der Waals surface area contributed by atoms with Crippen LogP contribution in [0.1, 0.15) is 13.8 Å². The van der Waals surface area contributed by atoms with E-state index in [1.165, 1.54) is 0 Å². The highest BCUT2D eigenvalue weighted by Crippen LogP contribution is 2.06. The fourth-order valence-electron chi connectivity index (χ4n) is 0. The summed E-state index contributed by atoms with van der Waals surface area (Å²) in [4.78, 5) is 8.86. The van der Waals surface area contributed by atoms with Gasteiger partial charge in [0.2, 0.25) is 5.92 Å². The summed E-state index contributed by atoms with van der Waals surface area (Å²) in [6.07, 6.45) is 0. The second kappa shape index (κ2) is 4.55. The van der Waals surface area contributed by atoms with Crippen LogP contribution in [0.5, 0.6) is 0 Å². The smallest absolute Gasteiger partial charge is 0.361 e. The summed E-state index contributed by atoms with van der Waals surface area (Å²) in [7, 11) is 0. The van der Waals surface area contributed by atoms with Crippen molar-refractivity contribution in [1.82, 2.24) is 0 Å². The number of rotatable bonds is 0. The first-order chi connectivity index (χ1) is 3.73. The van der Waals surface area contributed by atoms with E-state index in [-0.39, 0.29) is 0 Å². The number of carboxylic acid groups (broad SMARTS) is 1. The molecule has 0 bridgehead atoms. The van der Waals surface area contributed by atoms with Gasteiger partial charge in [0, 0.05) is 0 Å². The van der Waals surface area contributed by atoms with Crippen LogP contribution in [0, 0.1) is 0 Å². The van der Waals surface area contributed by atoms with Crippen molar-refractivity contribution >= 4 is 17.9 Å². The number of hydrogen-bond donors (Lipinski definition) is 2. The largest absolute Gasteiger partial charge is 0.473 e. The van der Waals surface area contributed by atoms with Gasteiger partial charge in [-0.25, -0.2) is 13.6 Å². The van der Waals surface area contributed by atoms with Crippen LogP contribution in [0.15, 0.2) is 0 Å². The average molecular weight is 158 g/mol. The highest BCUT2D eigenvalue weighted by molar-refractivity contribution is 7.96. The van der Waals surface area contributed by atoms with Crippen LogP contribution >= 0.6 is 12.6 Å². The fraction of sp³-hybridized carbons (Fsp3) is 0.750. The molecule has 0 aromatic carbocycles. The quantitative estimate of drug-likeness (QED) is 0.530. The Bertz CT molecular complexity index is 79.1. The zero-order valence-electron chi connectivity index (χ0n) is 5.06. The van der Waals surface area contributed by atoms with E-state index in [0.29, 0.717) is 0 Å². The lowest BCUT2D eigenvalue weighted by Gasteiger charge is -1.94. The molecule has 0 rings (SSSR count). The van der Waals surface area contributed by atoms with Gasteiger partial charge in [-0.05, 0) is 13.8 Å². The van der Waals surface area contributed by atoms with E-state index in [2.05, 4.69) is 12.6 Å². The molecule has 0 radical (unpaired) electrons. The Morgan fingerprint density at radius 1 is 1.56 bits per heavy atom. The van der Waals surface area contributed by atoms with Crippen LogP contribution in [0.4, 0.5) is 13.6 Å². The molecule has 0 saturated carbocycles. The van der Waals surface area contributed by atoms with Crippen molar-refractivity contribution in [3.8, 4) is 0 Å². The van der Waals surface area contributed by atoms with Gasteiger partial charge in [-0.3, -0.25) is 0 Å². The number of alkyl halides is 2. The van der Waals surface area contributed by atoms with E-state index >= 15 is 0 Å². The molecule has 9 heavy (non-hydrogen) atoms. The third-order valence-electron chi connectivity index (χ3n) is 0. The summed E-state index contributed by atoms with van der Waals surface area (Å²) in [5, 5.41) is 6.14. The molecule has 1 N–H and O–H groups in total. The molecule has 56 valence electrons. The fourth-order valence-corrected chi connectivity index (χ4v) is 0. The molecule has 0 atom stereocenters. The molecule has 0 aliphatic rings. The van der Waals surface area contributed by atoms with Crippen molar-refractivity contribution in [1.29, 1.82) is 0 Å². The summed E-state index contributed by atoms with van der Waals surface area (Å²) in [6, 6.07) is 0. The molecule has 0 aliphatic carbocycles. The van der Waals surface area contributed by atoms with Gasteiger partial charge in [-0.1, -0.05) is 12.6 Å². The third-order valence-corrected chi connectivity index (χ3v) is 0. The molecule has 0 aromatic heterocycles. The molecule has 0 saturated heterocycles. The first-order valence-electron chi connectivity index (χ1n) is 2.03. The van der Waals surface area contributed by atoms with Crippen molar-refractivity contribution in [3.05, 3.63) is 0 Å². The van der Waals surface area contributed by atoms with Gasteiger partial charge in [0.1, 0.15) is 0 Å². The topological polar surface area (TPSA) is 37.3 Å². The molecule has 0 spiro atoms. The maximum absolute atomic E-state index is 11.0. The Morgan fingerprint density at radius 2 is 1.56 bits per heavy atom. The Labute approximate surface area is 57.3 Å². The normalized spacial score (nSPS) is 9.44. The van der Waals surface area contributed by atoms with Crippen molar-refractivity contribution in [2.24, 2.45) is 0 Å². The van der Waals surface area contributed by atoms with Crippen molar-refractivity contribution in [2.45, 2.75) is 19.8 Å². The molecule has 0 heterocycles. The van der Waals surface area contributed by atoms with Gasteiger partial charge in [0.15, 0.2) is 0 Å². The molecule has 5 heteroatoms. The lowest BCUT2D eigenvalue weighted by Crippen LogP contribution is -1.98. The SMILES string of the molecule is CC(C)(F)F.O=C(O)S. The lowest BCUT2D eigenvalue weighted by atomic mass is 10.5. The van der Waals surface area contributed by atoms with E-state index in [4.69, 9.17) is 9.90 Å². The minimum absolute atomic E-state index is 0.854. The van der Waals surface area contributed by atoms with E-state index in [1.807, 2.05) is 0 Å². The number of thiol groups is 1. The van der Waals surface area contributed by atoms with Gasteiger partial charge >= 0.3 is 5.30 Å². The zero-order valence-corrected chi connectivity index (χ0v) is 5.95. The van der Waals surface area contributed by atoms with E-state index in [0.717, 1.165) is 13.8 Å². The Hall–Kier alpha value is -0.320. The van der Waals surface area contributed by atoms with Crippen molar-refractivity contribution in [2.75, 3.05) is 0 Å². The van der Waals surface area contributed by atoms with Gasteiger partial charge in [-0.15, -0.1) is 0 Å². The van der Waals surface area contributed by atoms with Crippen LogP contribution < -0.4 is 0 Å². The molecule has 0 unspecified atom stereocenters. The van der Waals surface area contributed by atoms with Crippen LogP contribution in [0.3, 0.4) is 0 Å². The molecular weight excluding hydrogens is 150 g/mol. The number of halogens is 2. The summed E-state index contributed by atoms with van der Waals surface area (Å²) in [5.74, 6) is -2.50. The van der Waals surface area contributed by atoms with E-state index in [1.54, 1.807) is 0 Å². The molecule has 0 fully saturated rings. The Balaban J connectivity index is 0. The highest BCUT2D eigenvalue weighted by atomic mass is 32.1. The molecule has 0 aliphatic heterocycles. The summed E-state index contributed by atoms with van der Waals surface area (Å²) in [6.45, 7) is 1.71. The Kier molecular flexibility index (Phi) is 5.80. The van der Waals surface area contributed by atoms with Crippen LogP contribution in [-0.4, -0.2) is 16.3 Å². The Morgan fingerprint density at radius 3 is 1.56 bits per heavy atom. The molecule has 0 aromatic rings. The monoisotopic (exact) mass is 158 g/mol. The minimum atomic E-state index is -2.50.